The van der Waals surface area contributed by atoms with Crippen molar-refractivity contribution in [2.45, 2.75) is 41.4 Å². The third-order valence-electron chi connectivity index (χ3n) is 5.40. The predicted octanol–water partition coefficient (Wildman–Crippen LogP) is 5.52. The van der Waals surface area contributed by atoms with Crippen molar-refractivity contribution < 1.29 is 29.2 Å². The second kappa shape index (κ2) is 11.4. The Morgan fingerprint density at radius 3 is 1.57 bits per heavy atom. The highest BCUT2D eigenvalue weighted by atomic mass is 32.3. The standard InChI is InChI=1S/C17H20O4S2.C7H8O3S2/c1-14-4-8-17(9-5-14)23(19,20)21-22(12-2-3-13-22)16-10-6-15(18)7-11-16;1-6-2-4-7(5-3-6)12(8,9)10-11/h4-11,18H,2-3,12-13H2,1H3;2-5,11H,1H3. The van der Waals surface area contributed by atoms with Crippen molar-refractivity contribution in [1.29, 1.82) is 0 Å². The summed E-state index contributed by atoms with van der Waals surface area (Å²) in [5.74, 6) is 1.65. The molecule has 0 amide bonds. The summed E-state index contributed by atoms with van der Waals surface area (Å²) in [5, 5.41) is 9.47. The summed E-state index contributed by atoms with van der Waals surface area (Å²) in [6.07, 6.45) is 1.92. The lowest BCUT2D eigenvalue weighted by atomic mass is 10.2. The Labute approximate surface area is 214 Å². The Balaban J connectivity index is 0.000000241. The first-order valence-electron chi connectivity index (χ1n) is 10.7. The summed E-state index contributed by atoms with van der Waals surface area (Å²) in [7, 11) is -9.33. The summed E-state index contributed by atoms with van der Waals surface area (Å²) in [5.41, 5.74) is 2.00. The lowest BCUT2D eigenvalue weighted by Gasteiger charge is -2.34. The van der Waals surface area contributed by atoms with Crippen LogP contribution in [0, 0.1) is 13.8 Å². The first-order valence-corrected chi connectivity index (χ1v) is 15.8. The molecule has 0 spiro atoms. The van der Waals surface area contributed by atoms with E-state index >= 15 is 0 Å². The first kappa shape index (κ1) is 27.6. The first-order chi connectivity index (χ1) is 16.5. The van der Waals surface area contributed by atoms with Crippen LogP contribution in [0.1, 0.15) is 24.0 Å². The van der Waals surface area contributed by atoms with Gasteiger partial charge in [0.1, 0.15) is 5.75 Å². The smallest absolute Gasteiger partial charge is 0.307 e. The number of thiol groups is 1. The predicted molar refractivity (Wildman–Crippen MR) is 141 cm³/mol. The monoisotopic (exact) mass is 556 g/mol. The van der Waals surface area contributed by atoms with Gasteiger partial charge in [0, 0.05) is 16.4 Å². The Bertz CT molecular complexity index is 1330. The number of rotatable bonds is 6. The summed E-state index contributed by atoms with van der Waals surface area (Å²) in [4.78, 5) is 1.19. The number of hydrogen-bond acceptors (Lipinski definition) is 8. The number of benzene rings is 3. The third-order valence-corrected chi connectivity index (χ3v) is 12.7. The zero-order chi connectivity index (χ0) is 25.7. The van der Waals surface area contributed by atoms with Crippen molar-refractivity contribution >= 4 is 43.5 Å². The van der Waals surface area contributed by atoms with Gasteiger partial charge in [0.2, 0.25) is 0 Å². The molecule has 11 heteroatoms. The van der Waals surface area contributed by atoms with Crippen LogP contribution in [0.15, 0.2) is 87.5 Å². The van der Waals surface area contributed by atoms with E-state index in [1.807, 2.05) is 13.8 Å². The number of aryl methyl sites for hydroxylation is 2. The van der Waals surface area contributed by atoms with Crippen LogP contribution in [0.4, 0.5) is 0 Å². The fourth-order valence-electron chi connectivity index (χ4n) is 3.47. The van der Waals surface area contributed by atoms with Crippen molar-refractivity contribution in [3.8, 4) is 5.75 Å². The second-order valence-electron chi connectivity index (χ2n) is 8.10. The van der Waals surface area contributed by atoms with E-state index in [1.165, 1.54) is 12.1 Å². The molecule has 0 aromatic heterocycles. The van der Waals surface area contributed by atoms with Crippen molar-refractivity contribution in [3.63, 3.8) is 0 Å². The van der Waals surface area contributed by atoms with Crippen molar-refractivity contribution in [2.24, 2.45) is 0 Å². The fourth-order valence-corrected chi connectivity index (χ4v) is 9.95. The van der Waals surface area contributed by atoms with Gasteiger partial charge in [-0.05, 0) is 88.1 Å². The molecule has 1 aliphatic heterocycles. The van der Waals surface area contributed by atoms with Gasteiger partial charge in [0.05, 0.1) is 9.79 Å². The van der Waals surface area contributed by atoms with Gasteiger partial charge in [0.25, 0.3) is 0 Å². The molecule has 0 bridgehead atoms. The Morgan fingerprint density at radius 1 is 0.714 bits per heavy atom. The molecule has 7 nitrogen and oxygen atoms in total. The molecule has 0 unspecified atom stereocenters. The minimum atomic E-state index is -3.80. The molecule has 35 heavy (non-hydrogen) atoms. The maximum absolute atomic E-state index is 12.7. The van der Waals surface area contributed by atoms with E-state index in [2.05, 4.69) is 16.5 Å². The van der Waals surface area contributed by atoms with Gasteiger partial charge in [-0.2, -0.15) is 20.5 Å². The van der Waals surface area contributed by atoms with E-state index in [-0.39, 0.29) is 15.5 Å². The molecule has 1 fully saturated rings. The van der Waals surface area contributed by atoms with E-state index in [0.717, 1.165) is 40.4 Å². The van der Waals surface area contributed by atoms with Gasteiger partial charge in [-0.25, -0.2) is 3.63 Å². The maximum atomic E-state index is 12.7. The molecule has 4 rings (SSSR count). The van der Waals surface area contributed by atoms with Gasteiger partial charge in [-0.15, -0.1) is 0 Å². The van der Waals surface area contributed by atoms with E-state index in [9.17, 15) is 21.9 Å². The summed E-state index contributed by atoms with van der Waals surface area (Å²) >= 11 is 3.25. The minimum Gasteiger partial charge on any atom is -0.508 e. The Kier molecular flexibility index (Phi) is 8.95. The third kappa shape index (κ3) is 7.02. The molecule has 1 heterocycles. The topological polar surface area (TPSA) is 107 Å². The van der Waals surface area contributed by atoms with E-state index < -0.39 is 30.5 Å². The lowest BCUT2D eigenvalue weighted by Crippen LogP contribution is -2.14. The average Bonchev–Trinajstić information content (AvgIpc) is 3.29. The van der Waals surface area contributed by atoms with Gasteiger partial charge in [0.15, 0.2) is 0 Å². The molecule has 1 N–H and O–H groups in total. The van der Waals surface area contributed by atoms with Crippen LogP contribution in [-0.4, -0.2) is 33.4 Å². The molecular formula is C24H28O7S4. The second-order valence-corrected chi connectivity index (χ2v) is 14.9. The SMILES string of the molecule is Cc1ccc(S(=O)(=O)OS)cc1.Cc1ccc(S(=O)(=O)OS2(c3ccc(O)cc3)CCCC2)cc1. The molecular weight excluding hydrogens is 529 g/mol. The maximum Gasteiger partial charge on any atom is 0.307 e. The van der Waals surface area contributed by atoms with Gasteiger partial charge < -0.3 is 5.11 Å². The highest BCUT2D eigenvalue weighted by Gasteiger charge is 2.37. The zero-order valence-electron chi connectivity index (χ0n) is 19.3. The number of phenols is 1. The highest BCUT2D eigenvalue weighted by Crippen LogP contribution is 2.63. The van der Waals surface area contributed by atoms with Crippen molar-refractivity contribution in [2.75, 3.05) is 11.5 Å². The highest BCUT2D eigenvalue weighted by molar-refractivity contribution is 8.33. The van der Waals surface area contributed by atoms with Gasteiger partial charge in [-0.3, -0.25) is 0 Å². The normalized spacial score (nSPS) is 16.2. The molecule has 0 aliphatic carbocycles. The molecule has 3 aromatic carbocycles. The molecule has 0 saturated carbocycles. The molecule has 1 saturated heterocycles. The van der Waals surface area contributed by atoms with Crippen LogP contribution < -0.4 is 0 Å². The lowest BCUT2D eigenvalue weighted by molar-refractivity contribution is 0.474. The largest absolute Gasteiger partial charge is 0.508 e. The molecule has 1 aliphatic rings. The van der Waals surface area contributed by atoms with E-state index in [4.69, 9.17) is 3.63 Å². The molecule has 190 valence electrons. The minimum absolute atomic E-state index is 0.114. The Hall–Kier alpha value is -2.02. The molecule has 3 aromatic rings. The van der Waals surface area contributed by atoms with Crippen molar-refractivity contribution in [3.05, 3.63) is 83.9 Å². The van der Waals surface area contributed by atoms with Crippen LogP contribution in [0.5, 0.6) is 5.75 Å². The van der Waals surface area contributed by atoms with Gasteiger partial charge in [-0.1, -0.05) is 45.7 Å². The number of aromatic hydroxyl groups is 1. The number of hydrogen-bond donors (Lipinski definition) is 2. The van der Waals surface area contributed by atoms with Crippen molar-refractivity contribution in [1.82, 2.24) is 0 Å². The van der Waals surface area contributed by atoms with Gasteiger partial charge >= 0.3 is 20.2 Å². The summed E-state index contributed by atoms with van der Waals surface area (Å²) < 4.78 is 57.3. The molecule has 0 radical (unpaired) electrons. The fraction of sp³-hybridized carbons (Fsp3) is 0.250. The summed E-state index contributed by atoms with van der Waals surface area (Å²) in [6, 6.07) is 19.8. The molecule has 0 atom stereocenters. The quantitative estimate of drug-likeness (QED) is 0.304. The van der Waals surface area contributed by atoms with Crippen LogP contribution in [0.25, 0.3) is 0 Å². The average molecular weight is 557 g/mol. The van der Waals surface area contributed by atoms with Crippen LogP contribution in [0.2, 0.25) is 0 Å². The van der Waals surface area contributed by atoms with Crippen LogP contribution in [-0.2, 0) is 27.5 Å². The van der Waals surface area contributed by atoms with Crippen LogP contribution >= 0.6 is 23.2 Å². The zero-order valence-corrected chi connectivity index (χ0v) is 22.7. The van der Waals surface area contributed by atoms with E-state index in [0.29, 0.717) is 0 Å². The van der Waals surface area contributed by atoms with Crippen LogP contribution in [0.3, 0.4) is 0 Å². The summed E-state index contributed by atoms with van der Waals surface area (Å²) in [6.45, 7) is 3.79. The van der Waals surface area contributed by atoms with E-state index in [1.54, 1.807) is 60.7 Å². The number of phenolic OH excluding ortho intramolecular Hbond substituents is 1. The Morgan fingerprint density at radius 2 is 1.14 bits per heavy atom.